The van der Waals surface area contributed by atoms with Gasteiger partial charge in [0.05, 0.1) is 68.5 Å². The van der Waals surface area contributed by atoms with Gasteiger partial charge in [0.1, 0.15) is 78.1 Å². The number of carbonyl (C=O) groups excluding carboxylic acids is 5. The summed E-state index contributed by atoms with van der Waals surface area (Å²) in [6.45, 7) is 21.8. The van der Waals surface area contributed by atoms with Crippen LogP contribution >= 0.6 is 0 Å². The number of aromatic hydroxyl groups is 13. The van der Waals surface area contributed by atoms with Gasteiger partial charge >= 0.3 is 59.4 Å². The molecule has 48 heteroatoms. The van der Waals surface area contributed by atoms with Crippen molar-refractivity contribution < 1.29 is 188 Å². The molecule has 10 aromatic rings. The highest BCUT2D eigenvalue weighted by Gasteiger charge is 2.36. The standard InChI is InChI=1S/4C17H17NO9.C17H17NO7/c1-17(2,3)16(24)27-6-7-4-9-8(5-10(7)18(25)26)11(15(22)23)13(20)14(21)12(9)19;1-17(2,3)16(24)27-6-7-4-8-9(5-10(7)18(25)26)12(19)11(15(22)23)14(21)13(8)20;1-17(2,3)16(24)27-6-7-4-8-9(5-10(7)18(25)26)13(20)14(21)11(12(8)19)15(22)23;1-17(2,3)16(24)27-6-7-4-8-9(5-10(7)18(25)26)12(19)14(21)13(20)11(8)15(22)23;1-17(2,3)14(19)8-25-13-7-11-9(6-12(13)18(23)24)4-5-10(15(11)20)16(21)22/h4*4-5,19-21H,6H2,1-3H3,(H,22,23);4-7,20H,8H2,1-3H3,(H,21,22). The minimum Gasteiger partial charge on any atom is -0.506 e. The van der Waals surface area contributed by atoms with Crippen LogP contribution < -0.4 is 4.74 Å². The van der Waals surface area contributed by atoms with Gasteiger partial charge in [-0.05, 0) is 125 Å². The number of aromatic carboxylic acids is 5. The molecule has 18 N–H and O–H groups in total. The summed E-state index contributed by atoms with van der Waals surface area (Å²) in [5, 5.41) is 229. The van der Waals surface area contributed by atoms with E-state index in [1.165, 1.54) is 12.1 Å². The Bertz CT molecular complexity index is 6540. The Labute approximate surface area is 745 Å². The third-order valence-electron chi connectivity index (χ3n) is 18.9. The molecule has 0 aromatic heterocycles. The number of nitro benzene ring substituents is 5. The van der Waals surface area contributed by atoms with Gasteiger partial charge in [0.15, 0.2) is 57.5 Å². The fourth-order valence-electron chi connectivity index (χ4n) is 11.6. The van der Waals surface area contributed by atoms with Gasteiger partial charge in [-0.3, -0.25) is 74.5 Å². The van der Waals surface area contributed by atoms with Crippen LogP contribution in [0.1, 0.15) is 178 Å². The molecule has 0 aliphatic carbocycles. The van der Waals surface area contributed by atoms with Crippen molar-refractivity contribution in [3.8, 4) is 80.5 Å². The number of hydrogen-bond donors (Lipinski definition) is 18. The van der Waals surface area contributed by atoms with Crippen LogP contribution in [0.3, 0.4) is 0 Å². The number of ether oxygens (including phenoxy) is 5. The normalized spacial score (nSPS) is 11.4. The number of carboxylic acid groups (broad SMARTS) is 5. The molecule has 0 bridgehead atoms. The number of phenolic OH excluding ortho intramolecular Hbond substituents is 6. The van der Waals surface area contributed by atoms with Gasteiger partial charge in [0, 0.05) is 84.2 Å². The zero-order valence-electron chi connectivity index (χ0n) is 72.5. The van der Waals surface area contributed by atoms with Crippen LogP contribution in [0.5, 0.6) is 80.5 Å². The number of esters is 4. The molecule has 10 rings (SSSR count). The van der Waals surface area contributed by atoms with E-state index in [1.54, 1.807) is 104 Å². The molecule has 0 heterocycles. The van der Waals surface area contributed by atoms with Crippen molar-refractivity contribution in [3.63, 3.8) is 0 Å². The van der Waals surface area contributed by atoms with E-state index in [9.17, 15) is 175 Å². The number of Topliss-reactive ketones (excluding diaryl/α,β-unsaturated/α-hetero) is 1. The summed E-state index contributed by atoms with van der Waals surface area (Å²) in [7, 11) is 0. The lowest BCUT2D eigenvalue weighted by Crippen LogP contribution is -2.26. The molecule has 708 valence electrons. The van der Waals surface area contributed by atoms with Crippen molar-refractivity contribution in [1.82, 2.24) is 0 Å². The number of carbonyl (C=O) groups is 10. The summed E-state index contributed by atoms with van der Waals surface area (Å²) < 4.78 is 25.5. The number of benzene rings is 10. The molecule has 48 nitrogen and oxygen atoms in total. The second-order valence-electron chi connectivity index (χ2n) is 33.9. The number of nitrogens with zero attached hydrogens (tertiary/aromatic N) is 5. The van der Waals surface area contributed by atoms with E-state index in [2.05, 4.69) is 0 Å². The third-order valence-corrected chi connectivity index (χ3v) is 18.9. The predicted molar refractivity (Wildman–Crippen MR) is 456 cm³/mol. The Morgan fingerprint density at radius 3 is 0.805 bits per heavy atom. The highest BCUT2D eigenvalue weighted by molar-refractivity contribution is 6.13. The quantitative estimate of drug-likeness (QED) is 0.00793. The molecule has 0 aliphatic heterocycles. The van der Waals surface area contributed by atoms with E-state index < -0.39 is 252 Å². The number of hydrogen-bond acceptors (Lipinski definition) is 38. The summed E-state index contributed by atoms with van der Waals surface area (Å²) in [6, 6.07) is 12.4. The maximum atomic E-state index is 12.0. The molecule has 133 heavy (non-hydrogen) atoms. The minimum atomic E-state index is -1.73. The minimum absolute atomic E-state index is 0.0868. The van der Waals surface area contributed by atoms with E-state index in [4.69, 9.17) is 39.0 Å². The van der Waals surface area contributed by atoms with E-state index in [1.807, 2.05) is 0 Å². The molecule has 0 saturated carbocycles. The molecule has 0 unspecified atom stereocenters. The Balaban J connectivity index is 0.000000256. The van der Waals surface area contributed by atoms with Gasteiger partial charge in [-0.1, -0.05) is 26.8 Å². The number of fused-ring (bicyclic) bond motifs is 5. The molecule has 0 fully saturated rings. The number of ketones is 1. The summed E-state index contributed by atoms with van der Waals surface area (Å²) in [5.41, 5.74) is -11.0. The number of phenols is 13. The molecule has 10 aromatic carbocycles. The molecule has 0 atom stereocenters. The Kier molecular flexibility index (Phi) is 31.0. The highest BCUT2D eigenvalue weighted by Crippen LogP contribution is 2.52. The van der Waals surface area contributed by atoms with E-state index in [-0.39, 0.29) is 106 Å². The fraction of sp³-hybridized carbons (Fsp3) is 0.294. The molecule has 0 saturated heterocycles. The number of nitro groups is 5. The lowest BCUT2D eigenvalue weighted by molar-refractivity contribution is -0.385. The van der Waals surface area contributed by atoms with Crippen molar-refractivity contribution in [1.29, 1.82) is 0 Å². The van der Waals surface area contributed by atoms with Gasteiger partial charge < -0.3 is 116 Å². The van der Waals surface area contributed by atoms with Gasteiger partial charge in [0.2, 0.25) is 11.5 Å². The van der Waals surface area contributed by atoms with Crippen LogP contribution in [0.25, 0.3) is 53.9 Å². The maximum Gasteiger partial charge on any atom is 0.343 e. The molecule has 0 radical (unpaired) electrons. The summed E-state index contributed by atoms with van der Waals surface area (Å²) in [5.74, 6) is -23.5. The third kappa shape index (κ3) is 23.1. The summed E-state index contributed by atoms with van der Waals surface area (Å²) >= 11 is 0. The topological polar surface area (TPSA) is 797 Å². The van der Waals surface area contributed by atoms with Crippen molar-refractivity contribution >= 4 is 142 Å². The molecular formula is C85H85N5O43. The van der Waals surface area contributed by atoms with E-state index in [0.29, 0.717) is 0 Å². The first kappa shape index (κ1) is 104. The molecule has 0 aliphatic rings. The van der Waals surface area contributed by atoms with Gasteiger partial charge in [-0.15, -0.1) is 0 Å². The lowest BCUT2D eigenvalue weighted by Gasteiger charge is -2.17. The first-order chi connectivity index (χ1) is 60.9. The highest BCUT2D eigenvalue weighted by atomic mass is 16.7. The summed E-state index contributed by atoms with van der Waals surface area (Å²) in [4.78, 5) is 169. The maximum absolute atomic E-state index is 12.0. The smallest absolute Gasteiger partial charge is 0.343 e. The fourth-order valence-corrected chi connectivity index (χ4v) is 11.6. The van der Waals surface area contributed by atoms with Gasteiger partial charge in [-0.25, -0.2) is 24.0 Å². The Morgan fingerprint density at radius 1 is 0.271 bits per heavy atom. The van der Waals surface area contributed by atoms with Crippen LogP contribution in [0.15, 0.2) is 72.8 Å². The van der Waals surface area contributed by atoms with E-state index in [0.717, 1.165) is 60.7 Å². The average Bonchev–Trinajstić information content (AvgIpc) is 0.752. The van der Waals surface area contributed by atoms with E-state index >= 15 is 0 Å². The van der Waals surface area contributed by atoms with Gasteiger partial charge in [-0.2, -0.15) is 0 Å². The number of carboxylic acids is 5. The number of rotatable bonds is 21. The molecule has 0 spiro atoms. The zero-order chi connectivity index (χ0) is 102. The molecule has 0 amide bonds. The second kappa shape index (κ2) is 39.5. The van der Waals surface area contributed by atoms with Crippen LogP contribution in [0, 0.1) is 77.6 Å². The van der Waals surface area contributed by atoms with Crippen LogP contribution in [-0.4, -0.2) is 183 Å². The summed E-state index contributed by atoms with van der Waals surface area (Å²) in [6.07, 6.45) is 0. The first-order valence-electron chi connectivity index (χ1n) is 37.9. The van der Waals surface area contributed by atoms with Crippen molar-refractivity contribution in [2.75, 3.05) is 6.61 Å². The second-order valence-corrected chi connectivity index (χ2v) is 33.9. The SMILES string of the molecule is CC(C)(C)C(=O)COc1cc2c(O)c(C(=O)O)ccc2cc1[N+](=O)[O-].CC(C)(C)C(=O)OCc1cc2c(C(=O)O)c(O)c(O)c(O)c2cc1[N+](=O)[O-].CC(C)(C)C(=O)OCc1cc2c(O)c(C(=O)O)c(O)c(O)c2cc1[N+](=O)[O-].CC(C)(C)C(=O)OCc1cc2c(O)c(O)c(C(=O)O)c(O)c2cc1[N+](=O)[O-].CC(C)(C)C(=O)OCc1cc2c(O)c(O)c(O)c(C(=O)O)c2cc1[N+](=O)[O-]. The van der Waals surface area contributed by atoms with Crippen LogP contribution in [0.4, 0.5) is 28.4 Å². The van der Waals surface area contributed by atoms with Gasteiger partial charge in [0.25, 0.3) is 22.7 Å². The van der Waals surface area contributed by atoms with Crippen molar-refractivity contribution in [2.24, 2.45) is 27.1 Å². The van der Waals surface area contributed by atoms with Crippen molar-refractivity contribution in [2.45, 2.75) is 130 Å². The Morgan fingerprint density at radius 2 is 0.519 bits per heavy atom. The largest absolute Gasteiger partial charge is 0.506 e. The van der Waals surface area contributed by atoms with Crippen LogP contribution in [-0.2, 0) is 69.3 Å². The monoisotopic (exact) mass is 1860 g/mol. The average molecular weight is 1860 g/mol. The van der Waals surface area contributed by atoms with Crippen LogP contribution in [0.2, 0.25) is 0 Å². The predicted octanol–water partition coefficient (Wildman–Crippen LogP) is 13.8. The zero-order valence-corrected chi connectivity index (χ0v) is 72.5. The van der Waals surface area contributed by atoms with Crippen molar-refractivity contribution in [3.05, 3.63) is 173 Å². The Hall–Kier alpha value is -17.4. The molecular weight excluding hydrogens is 1780 g/mol. The first-order valence-corrected chi connectivity index (χ1v) is 37.9. The lowest BCUT2D eigenvalue weighted by atomic mass is 9.91.